The summed E-state index contributed by atoms with van der Waals surface area (Å²) >= 11 is 0. The van der Waals surface area contributed by atoms with Crippen molar-refractivity contribution in [1.29, 1.82) is 0 Å². The maximum absolute atomic E-state index is 9.40. The summed E-state index contributed by atoms with van der Waals surface area (Å²) in [5.74, 6) is 0. The van der Waals surface area contributed by atoms with Crippen molar-refractivity contribution < 1.29 is 30.3 Å². The SMILES string of the molecule is CC(O)CC(O)C(C)(C)C.Cc1cc(C)c2cc(C)c(-c3[c-]cc(C)c(C)c3)nc2c1.[Ir]. The fourth-order valence-corrected chi connectivity index (χ4v) is 3.49. The van der Waals surface area contributed by atoms with Crippen molar-refractivity contribution in [2.75, 3.05) is 0 Å². The van der Waals surface area contributed by atoms with Gasteiger partial charge in [0.05, 0.1) is 17.7 Å². The summed E-state index contributed by atoms with van der Waals surface area (Å²) in [6.07, 6.45) is -0.356. The normalized spacial score (nSPS) is 13.1. The number of aliphatic hydroxyl groups is 2. The first-order valence-corrected chi connectivity index (χ1v) is 11.0. The number of pyridine rings is 1. The van der Waals surface area contributed by atoms with E-state index in [1.807, 2.05) is 20.8 Å². The van der Waals surface area contributed by atoms with Gasteiger partial charge >= 0.3 is 0 Å². The van der Waals surface area contributed by atoms with E-state index in [0.717, 1.165) is 16.8 Å². The van der Waals surface area contributed by atoms with Gasteiger partial charge in [0, 0.05) is 25.5 Å². The van der Waals surface area contributed by atoms with Crippen molar-refractivity contribution >= 4 is 10.9 Å². The molecule has 3 aromatic rings. The molecule has 0 amide bonds. The predicted molar refractivity (Wildman–Crippen MR) is 131 cm³/mol. The Kier molecular flexibility index (Phi) is 10.2. The molecule has 4 heteroatoms. The number of rotatable bonds is 3. The quantitative estimate of drug-likeness (QED) is 0.337. The van der Waals surface area contributed by atoms with Crippen LogP contribution in [0.25, 0.3) is 22.2 Å². The van der Waals surface area contributed by atoms with Gasteiger partial charge in [0.1, 0.15) is 0 Å². The van der Waals surface area contributed by atoms with Gasteiger partial charge in [-0.25, -0.2) is 0 Å². The monoisotopic (exact) mass is 613 g/mol. The Morgan fingerprint density at radius 1 is 0.875 bits per heavy atom. The first-order chi connectivity index (χ1) is 14.3. The zero-order valence-electron chi connectivity index (χ0n) is 20.9. The van der Waals surface area contributed by atoms with Gasteiger partial charge in [0.25, 0.3) is 0 Å². The number of nitrogens with zero attached hydrogens (tertiary/aromatic N) is 1. The van der Waals surface area contributed by atoms with E-state index >= 15 is 0 Å². The van der Waals surface area contributed by atoms with E-state index in [4.69, 9.17) is 10.1 Å². The second kappa shape index (κ2) is 11.5. The Morgan fingerprint density at radius 2 is 1.50 bits per heavy atom. The van der Waals surface area contributed by atoms with Crippen molar-refractivity contribution in [2.24, 2.45) is 5.41 Å². The number of aromatic nitrogens is 1. The molecule has 0 spiro atoms. The number of hydrogen-bond acceptors (Lipinski definition) is 3. The van der Waals surface area contributed by atoms with E-state index < -0.39 is 12.2 Å². The van der Waals surface area contributed by atoms with Gasteiger partial charge in [-0.15, -0.1) is 34.9 Å². The van der Waals surface area contributed by atoms with Crippen LogP contribution in [0.4, 0.5) is 0 Å². The van der Waals surface area contributed by atoms with Crippen molar-refractivity contribution in [3.63, 3.8) is 0 Å². The van der Waals surface area contributed by atoms with Gasteiger partial charge in [-0.05, 0) is 62.4 Å². The third-order valence-electron chi connectivity index (χ3n) is 5.72. The summed E-state index contributed by atoms with van der Waals surface area (Å²) in [7, 11) is 0. The van der Waals surface area contributed by atoms with Crippen LogP contribution in [0, 0.1) is 46.1 Å². The maximum Gasteiger partial charge on any atom is 0.0613 e. The van der Waals surface area contributed by atoms with Crippen LogP contribution in [0.2, 0.25) is 0 Å². The molecule has 0 saturated heterocycles. The van der Waals surface area contributed by atoms with Crippen LogP contribution in [0.5, 0.6) is 0 Å². The maximum atomic E-state index is 9.40. The Balaban J connectivity index is 0.000000400. The molecule has 0 aliphatic heterocycles. The van der Waals surface area contributed by atoms with Gasteiger partial charge < -0.3 is 10.2 Å². The molecule has 0 fully saturated rings. The van der Waals surface area contributed by atoms with Crippen LogP contribution in [0.3, 0.4) is 0 Å². The topological polar surface area (TPSA) is 53.4 Å². The van der Waals surface area contributed by atoms with Gasteiger partial charge in [-0.2, -0.15) is 0 Å². The number of hydrogen-bond donors (Lipinski definition) is 2. The zero-order chi connectivity index (χ0) is 23.5. The van der Waals surface area contributed by atoms with Crippen molar-refractivity contribution in [2.45, 2.75) is 80.9 Å². The van der Waals surface area contributed by atoms with Gasteiger partial charge in [0.2, 0.25) is 0 Å². The third-order valence-corrected chi connectivity index (χ3v) is 5.72. The molecule has 177 valence electrons. The summed E-state index contributed by atoms with van der Waals surface area (Å²) in [6, 6.07) is 14.2. The molecular formula is C28H38IrNO2-. The first-order valence-electron chi connectivity index (χ1n) is 11.0. The molecule has 0 aliphatic rings. The number of fused-ring (bicyclic) bond motifs is 1. The minimum absolute atomic E-state index is 0. The van der Waals surface area contributed by atoms with Crippen LogP contribution in [-0.4, -0.2) is 27.4 Å². The largest absolute Gasteiger partial charge is 0.393 e. The molecule has 2 aromatic carbocycles. The minimum Gasteiger partial charge on any atom is -0.393 e. The van der Waals surface area contributed by atoms with Crippen LogP contribution in [0.15, 0.2) is 30.3 Å². The second-order valence-electron chi connectivity index (χ2n) is 9.98. The molecule has 0 saturated carbocycles. The molecule has 2 atom stereocenters. The fraction of sp³-hybridized carbons (Fsp3) is 0.464. The molecule has 2 unspecified atom stereocenters. The van der Waals surface area contributed by atoms with Crippen molar-refractivity contribution in [3.8, 4) is 11.3 Å². The van der Waals surface area contributed by atoms with E-state index in [1.54, 1.807) is 6.92 Å². The Hall–Kier alpha value is -1.58. The summed E-state index contributed by atoms with van der Waals surface area (Å²) in [6.45, 7) is 18.2. The summed E-state index contributed by atoms with van der Waals surface area (Å²) in [4.78, 5) is 4.91. The van der Waals surface area contributed by atoms with E-state index in [0.29, 0.717) is 6.42 Å². The molecule has 3 rings (SSSR count). The molecular weight excluding hydrogens is 575 g/mol. The average molecular weight is 613 g/mol. The molecule has 32 heavy (non-hydrogen) atoms. The third kappa shape index (κ3) is 7.49. The second-order valence-corrected chi connectivity index (χ2v) is 9.98. The van der Waals surface area contributed by atoms with E-state index in [-0.39, 0.29) is 25.5 Å². The minimum atomic E-state index is -0.410. The molecule has 0 aliphatic carbocycles. The number of benzene rings is 2. The summed E-state index contributed by atoms with van der Waals surface area (Å²) in [5, 5.41) is 19.6. The number of aryl methyl sites for hydroxylation is 5. The molecule has 1 heterocycles. The van der Waals surface area contributed by atoms with Gasteiger partial charge in [-0.1, -0.05) is 52.3 Å². The first kappa shape index (κ1) is 28.5. The average Bonchev–Trinajstić information content (AvgIpc) is 2.63. The summed E-state index contributed by atoms with van der Waals surface area (Å²) < 4.78 is 0. The predicted octanol–water partition coefficient (Wildman–Crippen LogP) is 6.41. The molecule has 3 nitrogen and oxygen atoms in total. The molecule has 2 N–H and O–H groups in total. The molecule has 1 radical (unpaired) electrons. The van der Waals surface area contributed by atoms with Crippen LogP contribution < -0.4 is 0 Å². The standard InChI is InChI=1S/C20H20N.C8H18O2.Ir/c1-12-8-15(4)18-11-16(5)20(21-19(18)9-12)17-7-6-13(2)14(3)10-17;1-6(9)5-7(10)8(2,3)4;/h6,8-11H,1-5H3;6-7,9-10H,5H2,1-4H3;/q-1;;. The van der Waals surface area contributed by atoms with E-state index in [2.05, 4.69) is 71.0 Å². The van der Waals surface area contributed by atoms with Crippen molar-refractivity contribution in [1.82, 2.24) is 4.98 Å². The molecule has 0 bridgehead atoms. The number of aliphatic hydroxyl groups excluding tert-OH is 2. The molecule has 1 aromatic heterocycles. The smallest absolute Gasteiger partial charge is 0.0613 e. The van der Waals surface area contributed by atoms with E-state index in [9.17, 15) is 5.11 Å². The van der Waals surface area contributed by atoms with Gasteiger partial charge in [0.15, 0.2) is 0 Å². The Bertz CT molecular complexity index is 1050. The van der Waals surface area contributed by atoms with Crippen LogP contribution in [0.1, 0.15) is 61.9 Å². The van der Waals surface area contributed by atoms with Crippen molar-refractivity contribution in [3.05, 3.63) is 64.2 Å². The fourth-order valence-electron chi connectivity index (χ4n) is 3.49. The summed E-state index contributed by atoms with van der Waals surface area (Å²) in [5.41, 5.74) is 9.37. The van der Waals surface area contributed by atoms with Crippen LogP contribution in [-0.2, 0) is 20.1 Å². The van der Waals surface area contributed by atoms with Gasteiger partial charge in [-0.3, -0.25) is 4.98 Å². The zero-order valence-corrected chi connectivity index (χ0v) is 23.3. The Labute approximate surface area is 207 Å². The van der Waals surface area contributed by atoms with Crippen LogP contribution >= 0.6 is 0 Å². The Morgan fingerprint density at radius 3 is 2.00 bits per heavy atom. The van der Waals surface area contributed by atoms with E-state index in [1.165, 1.54) is 33.2 Å².